The lowest BCUT2D eigenvalue weighted by atomic mass is 9.97. The van der Waals surface area contributed by atoms with Crippen LogP contribution in [-0.4, -0.2) is 59.1 Å². The Morgan fingerprint density at radius 1 is 1.28 bits per heavy atom. The number of carbonyl (C=O) groups excluding carboxylic acids is 1. The van der Waals surface area contributed by atoms with E-state index in [0.29, 0.717) is 18.8 Å². The Bertz CT molecular complexity index is 731. The molecule has 6 heteroatoms. The Hall–Kier alpha value is -2.18. The van der Waals surface area contributed by atoms with Gasteiger partial charge < -0.3 is 14.1 Å². The number of aromatic nitrogens is 1. The van der Waals surface area contributed by atoms with Crippen LogP contribution in [0.25, 0.3) is 0 Å². The van der Waals surface area contributed by atoms with Gasteiger partial charge in [0.25, 0.3) is 5.91 Å². The van der Waals surface area contributed by atoms with Crippen molar-refractivity contribution in [3.63, 3.8) is 0 Å². The molecule has 2 fully saturated rings. The van der Waals surface area contributed by atoms with E-state index in [2.05, 4.69) is 9.88 Å². The van der Waals surface area contributed by atoms with E-state index in [1.807, 2.05) is 42.4 Å². The average molecular weight is 341 g/mol. The van der Waals surface area contributed by atoms with Crippen molar-refractivity contribution in [3.05, 3.63) is 53.7 Å². The number of piperidine rings is 1. The highest BCUT2D eigenvalue weighted by Gasteiger charge is 2.39. The predicted molar refractivity (Wildman–Crippen MR) is 92.1 cm³/mol. The third kappa shape index (κ3) is 3.32. The second kappa shape index (κ2) is 6.98. The standard InChI is InChI=1S/C19H23N3O3/c1-14-5-10-25-18(14)19(23)22-8-4-17-16(13-22)21(9-11-24-17)12-15-2-6-20-7-3-15/h2-3,5-7,10,16-17H,4,8-9,11-13H2,1H3/t16-,17-/m0/s1. The minimum Gasteiger partial charge on any atom is -0.459 e. The molecule has 2 aromatic rings. The van der Waals surface area contributed by atoms with Crippen LogP contribution in [0.15, 0.2) is 41.3 Å². The smallest absolute Gasteiger partial charge is 0.289 e. The summed E-state index contributed by atoms with van der Waals surface area (Å²) in [7, 11) is 0. The number of amides is 1. The van der Waals surface area contributed by atoms with Crippen molar-refractivity contribution in [2.45, 2.75) is 32.0 Å². The number of rotatable bonds is 3. The van der Waals surface area contributed by atoms with Gasteiger partial charge in [0, 0.05) is 44.1 Å². The molecule has 2 aliphatic rings. The van der Waals surface area contributed by atoms with Gasteiger partial charge in [0.05, 0.1) is 25.0 Å². The Morgan fingerprint density at radius 3 is 2.88 bits per heavy atom. The Labute approximate surface area is 147 Å². The second-order valence-corrected chi connectivity index (χ2v) is 6.78. The fraction of sp³-hybridized carbons (Fsp3) is 0.474. The number of ether oxygens (including phenoxy) is 1. The SMILES string of the molecule is Cc1ccoc1C(=O)N1CC[C@@H]2OCCN(Cc3ccncc3)[C@H]2C1. The Balaban J connectivity index is 1.49. The summed E-state index contributed by atoms with van der Waals surface area (Å²) in [5, 5.41) is 0. The van der Waals surface area contributed by atoms with Crippen molar-refractivity contribution >= 4 is 5.91 Å². The molecule has 0 bridgehead atoms. The summed E-state index contributed by atoms with van der Waals surface area (Å²) in [5.74, 6) is 0.436. The molecule has 0 spiro atoms. The van der Waals surface area contributed by atoms with E-state index >= 15 is 0 Å². The zero-order valence-electron chi connectivity index (χ0n) is 14.4. The van der Waals surface area contributed by atoms with Crippen molar-refractivity contribution < 1.29 is 13.9 Å². The zero-order valence-corrected chi connectivity index (χ0v) is 14.4. The quantitative estimate of drug-likeness (QED) is 0.856. The van der Waals surface area contributed by atoms with Crippen LogP contribution in [0.3, 0.4) is 0 Å². The molecule has 0 saturated carbocycles. The summed E-state index contributed by atoms with van der Waals surface area (Å²) < 4.78 is 11.4. The van der Waals surface area contributed by atoms with Crippen LogP contribution in [-0.2, 0) is 11.3 Å². The minimum absolute atomic E-state index is 0.0182. The summed E-state index contributed by atoms with van der Waals surface area (Å²) in [6, 6.07) is 6.14. The number of nitrogens with zero attached hydrogens (tertiary/aromatic N) is 3. The number of furan rings is 1. The number of carbonyl (C=O) groups is 1. The maximum absolute atomic E-state index is 12.8. The summed E-state index contributed by atoms with van der Waals surface area (Å²) in [6.07, 6.45) is 6.28. The fourth-order valence-electron chi connectivity index (χ4n) is 3.78. The average Bonchev–Trinajstić information content (AvgIpc) is 3.08. The first-order chi connectivity index (χ1) is 12.2. The third-order valence-corrected chi connectivity index (χ3v) is 5.18. The molecule has 2 aliphatic heterocycles. The van der Waals surface area contributed by atoms with Crippen molar-refractivity contribution in [2.24, 2.45) is 0 Å². The van der Waals surface area contributed by atoms with E-state index in [-0.39, 0.29) is 18.1 Å². The predicted octanol–water partition coefficient (Wildman–Crippen LogP) is 2.10. The monoisotopic (exact) mass is 341 g/mol. The molecule has 4 rings (SSSR count). The van der Waals surface area contributed by atoms with Crippen LogP contribution in [0, 0.1) is 6.92 Å². The minimum atomic E-state index is -0.0182. The van der Waals surface area contributed by atoms with Gasteiger partial charge in [-0.1, -0.05) is 0 Å². The fourth-order valence-corrected chi connectivity index (χ4v) is 3.78. The molecule has 25 heavy (non-hydrogen) atoms. The molecule has 0 unspecified atom stereocenters. The molecule has 1 amide bonds. The highest BCUT2D eigenvalue weighted by atomic mass is 16.5. The molecule has 6 nitrogen and oxygen atoms in total. The van der Waals surface area contributed by atoms with Crippen LogP contribution < -0.4 is 0 Å². The second-order valence-electron chi connectivity index (χ2n) is 6.78. The van der Waals surface area contributed by atoms with E-state index in [9.17, 15) is 4.79 Å². The molecule has 4 heterocycles. The number of hydrogen-bond acceptors (Lipinski definition) is 5. The van der Waals surface area contributed by atoms with Crippen LogP contribution in [0.2, 0.25) is 0 Å². The molecular weight excluding hydrogens is 318 g/mol. The number of pyridine rings is 1. The topological polar surface area (TPSA) is 58.8 Å². The third-order valence-electron chi connectivity index (χ3n) is 5.18. The Morgan fingerprint density at radius 2 is 2.12 bits per heavy atom. The van der Waals surface area contributed by atoms with Crippen molar-refractivity contribution in [1.82, 2.24) is 14.8 Å². The number of hydrogen-bond donors (Lipinski definition) is 0. The van der Waals surface area contributed by atoms with Crippen LogP contribution in [0.5, 0.6) is 0 Å². The molecule has 0 aliphatic carbocycles. The first-order valence-electron chi connectivity index (χ1n) is 8.80. The van der Waals surface area contributed by atoms with Crippen molar-refractivity contribution in [3.8, 4) is 0 Å². The first-order valence-corrected chi connectivity index (χ1v) is 8.80. The molecule has 0 N–H and O–H groups in total. The van der Waals surface area contributed by atoms with Gasteiger partial charge in [-0.15, -0.1) is 0 Å². The first kappa shape index (κ1) is 16.3. The molecule has 132 valence electrons. The number of likely N-dealkylation sites (tertiary alicyclic amines) is 1. The van der Waals surface area contributed by atoms with Gasteiger partial charge in [-0.05, 0) is 37.1 Å². The molecule has 2 atom stereocenters. The van der Waals surface area contributed by atoms with Gasteiger partial charge in [-0.3, -0.25) is 14.7 Å². The molecular formula is C19H23N3O3. The van der Waals surface area contributed by atoms with E-state index < -0.39 is 0 Å². The lowest BCUT2D eigenvalue weighted by molar-refractivity contribution is -0.101. The van der Waals surface area contributed by atoms with Crippen LogP contribution >= 0.6 is 0 Å². The van der Waals surface area contributed by atoms with Crippen molar-refractivity contribution in [2.75, 3.05) is 26.2 Å². The van der Waals surface area contributed by atoms with Crippen LogP contribution in [0.4, 0.5) is 0 Å². The van der Waals surface area contributed by atoms with E-state index in [1.165, 1.54) is 5.56 Å². The summed E-state index contributed by atoms with van der Waals surface area (Å²) >= 11 is 0. The van der Waals surface area contributed by atoms with E-state index in [1.54, 1.807) is 6.26 Å². The van der Waals surface area contributed by atoms with Crippen LogP contribution in [0.1, 0.15) is 28.1 Å². The molecule has 2 aromatic heterocycles. The largest absolute Gasteiger partial charge is 0.459 e. The number of fused-ring (bicyclic) bond motifs is 1. The van der Waals surface area contributed by atoms with Crippen molar-refractivity contribution in [1.29, 1.82) is 0 Å². The molecule has 0 radical (unpaired) electrons. The molecule has 0 aromatic carbocycles. The maximum Gasteiger partial charge on any atom is 0.289 e. The van der Waals surface area contributed by atoms with Gasteiger partial charge >= 0.3 is 0 Å². The highest BCUT2D eigenvalue weighted by Crippen LogP contribution is 2.26. The summed E-state index contributed by atoms with van der Waals surface area (Å²) in [4.78, 5) is 21.2. The van der Waals surface area contributed by atoms with E-state index in [4.69, 9.17) is 9.15 Å². The van der Waals surface area contributed by atoms with Gasteiger partial charge in [-0.2, -0.15) is 0 Å². The number of aryl methyl sites for hydroxylation is 1. The van der Waals surface area contributed by atoms with Gasteiger partial charge in [0.15, 0.2) is 5.76 Å². The summed E-state index contributed by atoms with van der Waals surface area (Å²) in [6.45, 7) is 5.78. The molecule has 2 saturated heterocycles. The summed E-state index contributed by atoms with van der Waals surface area (Å²) in [5.41, 5.74) is 2.13. The van der Waals surface area contributed by atoms with Gasteiger partial charge in [0.2, 0.25) is 0 Å². The maximum atomic E-state index is 12.8. The lowest BCUT2D eigenvalue weighted by Crippen LogP contribution is -2.60. The van der Waals surface area contributed by atoms with Gasteiger partial charge in [-0.25, -0.2) is 0 Å². The normalized spacial score (nSPS) is 24.1. The van der Waals surface area contributed by atoms with E-state index in [0.717, 1.165) is 31.7 Å². The number of morpholine rings is 1. The highest BCUT2D eigenvalue weighted by molar-refractivity contribution is 5.93. The zero-order chi connectivity index (χ0) is 17.2. The lowest BCUT2D eigenvalue weighted by Gasteiger charge is -2.47. The van der Waals surface area contributed by atoms with Gasteiger partial charge in [0.1, 0.15) is 0 Å². The Kier molecular flexibility index (Phi) is 4.55.